The Labute approximate surface area is 136 Å². The molecule has 0 spiro atoms. The highest BCUT2D eigenvalue weighted by molar-refractivity contribution is 5.90. The Bertz CT molecular complexity index is 591. The molecule has 3 rings (SSSR count). The maximum atomic E-state index is 12.1. The van der Waals surface area contributed by atoms with E-state index in [2.05, 4.69) is 49.7 Å². The third-order valence-corrected chi connectivity index (χ3v) is 4.35. The van der Waals surface area contributed by atoms with Gasteiger partial charge in [0.15, 0.2) is 0 Å². The second-order valence-electron chi connectivity index (χ2n) is 5.92. The zero-order chi connectivity index (χ0) is 15.9. The molecule has 1 amide bonds. The van der Waals surface area contributed by atoms with E-state index >= 15 is 0 Å². The average molecular weight is 313 g/mol. The smallest absolute Gasteiger partial charge is 0.288 e. The molecule has 0 saturated carbocycles. The van der Waals surface area contributed by atoms with Crippen molar-refractivity contribution in [2.45, 2.75) is 31.7 Å². The number of aromatic nitrogens is 3. The van der Waals surface area contributed by atoms with Gasteiger partial charge in [-0.15, -0.1) is 0 Å². The van der Waals surface area contributed by atoms with Gasteiger partial charge in [-0.2, -0.15) is 5.10 Å². The maximum Gasteiger partial charge on any atom is 0.288 e. The van der Waals surface area contributed by atoms with Crippen LogP contribution >= 0.6 is 0 Å². The largest absolute Gasteiger partial charge is 0.347 e. The second-order valence-corrected chi connectivity index (χ2v) is 5.92. The van der Waals surface area contributed by atoms with E-state index in [1.54, 1.807) is 0 Å². The Hall–Kier alpha value is -2.21. The van der Waals surface area contributed by atoms with Gasteiger partial charge in [0.05, 0.1) is 6.04 Å². The highest BCUT2D eigenvalue weighted by Gasteiger charge is 2.22. The predicted octanol–water partition coefficient (Wildman–Crippen LogP) is 2.15. The van der Waals surface area contributed by atoms with Crippen LogP contribution in [0.2, 0.25) is 0 Å². The molecule has 1 aliphatic rings. The van der Waals surface area contributed by atoms with Gasteiger partial charge < -0.3 is 5.32 Å². The summed E-state index contributed by atoms with van der Waals surface area (Å²) in [5, 5.41) is 9.31. The molecule has 0 bridgehead atoms. The third kappa shape index (κ3) is 4.16. The number of nitrogens with zero attached hydrogens (tertiary/aromatic N) is 3. The lowest BCUT2D eigenvalue weighted by atomic mass is 10.0. The first-order valence-corrected chi connectivity index (χ1v) is 8.27. The van der Waals surface area contributed by atoms with Gasteiger partial charge in [0, 0.05) is 6.54 Å². The molecule has 2 heterocycles. The zero-order valence-electron chi connectivity index (χ0n) is 13.2. The normalized spacial score (nSPS) is 17.4. The van der Waals surface area contributed by atoms with Crippen LogP contribution in [0.1, 0.15) is 47.9 Å². The number of aromatic amines is 1. The molecule has 0 radical (unpaired) electrons. The molecular formula is C17H23N5O. The van der Waals surface area contributed by atoms with Gasteiger partial charge in [0.25, 0.3) is 5.91 Å². The quantitative estimate of drug-likeness (QED) is 0.887. The number of carbonyl (C=O) groups excluding carboxylic acids is 1. The highest BCUT2D eigenvalue weighted by Crippen LogP contribution is 2.23. The number of nitrogens with one attached hydrogen (secondary N) is 2. The predicted molar refractivity (Wildman–Crippen MR) is 87.9 cm³/mol. The molecule has 2 N–H and O–H groups in total. The summed E-state index contributed by atoms with van der Waals surface area (Å²) in [5.74, 6) is 0.0472. The summed E-state index contributed by atoms with van der Waals surface area (Å²) in [6, 6.07) is 10.6. The highest BCUT2D eigenvalue weighted by atomic mass is 16.2. The molecule has 1 fully saturated rings. The van der Waals surface area contributed by atoms with E-state index in [0.29, 0.717) is 6.54 Å². The molecule has 122 valence electrons. The molecule has 1 aliphatic heterocycles. The number of carbonyl (C=O) groups is 1. The Morgan fingerprint density at radius 3 is 2.57 bits per heavy atom. The van der Waals surface area contributed by atoms with Crippen LogP contribution in [0.5, 0.6) is 0 Å². The zero-order valence-corrected chi connectivity index (χ0v) is 13.2. The lowest BCUT2D eigenvalue weighted by molar-refractivity contribution is 0.0923. The van der Waals surface area contributed by atoms with Gasteiger partial charge in [-0.3, -0.25) is 14.8 Å². The molecule has 1 aromatic heterocycles. The van der Waals surface area contributed by atoms with Gasteiger partial charge in [-0.25, -0.2) is 4.98 Å². The molecule has 1 saturated heterocycles. The van der Waals surface area contributed by atoms with E-state index in [1.165, 1.54) is 37.6 Å². The molecule has 6 nitrogen and oxygen atoms in total. The number of rotatable bonds is 5. The Kier molecular flexibility index (Phi) is 5.37. The van der Waals surface area contributed by atoms with Crippen LogP contribution < -0.4 is 5.32 Å². The topological polar surface area (TPSA) is 73.9 Å². The molecule has 2 aromatic rings. The SMILES string of the molecule is O=C(NC[C@H](c1ccccc1)N1CCCCCC1)c1ncn[nH]1. The van der Waals surface area contributed by atoms with E-state index in [9.17, 15) is 4.79 Å². The van der Waals surface area contributed by atoms with E-state index < -0.39 is 0 Å². The first kappa shape index (κ1) is 15.7. The van der Waals surface area contributed by atoms with E-state index in [1.807, 2.05) is 6.07 Å². The minimum absolute atomic E-state index is 0.196. The van der Waals surface area contributed by atoms with Gasteiger partial charge >= 0.3 is 0 Å². The average Bonchev–Trinajstić information content (AvgIpc) is 3.00. The van der Waals surface area contributed by atoms with Crippen molar-refractivity contribution in [1.29, 1.82) is 0 Å². The van der Waals surface area contributed by atoms with Crippen LogP contribution in [0.15, 0.2) is 36.7 Å². The molecule has 1 atom stereocenters. The Balaban J connectivity index is 1.71. The number of benzene rings is 1. The first-order chi connectivity index (χ1) is 11.3. The summed E-state index contributed by atoms with van der Waals surface area (Å²) in [6.07, 6.45) is 6.38. The summed E-state index contributed by atoms with van der Waals surface area (Å²) in [4.78, 5) is 18.5. The molecule has 23 heavy (non-hydrogen) atoms. The maximum absolute atomic E-state index is 12.1. The van der Waals surface area contributed by atoms with E-state index in [0.717, 1.165) is 13.1 Å². The van der Waals surface area contributed by atoms with Crippen molar-refractivity contribution in [2.75, 3.05) is 19.6 Å². The number of amides is 1. The van der Waals surface area contributed by atoms with Gasteiger partial charge in [0.2, 0.25) is 5.82 Å². The fourth-order valence-corrected chi connectivity index (χ4v) is 3.13. The summed E-state index contributed by atoms with van der Waals surface area (Å²) in [6.45, 7) is 2.74. The third-order valence-electron chi connectivity index (χ3n) is 4.35. The van der Waals surface area contributed by atoms with Crippen molar-refractivity contribution < 1.29 is 4.79 Å². The minimum atomic E-state index is -0.210. The van der Waals surface area contributed by atoms with E-state index in [4.69, 9.17) is 0 Å². The van der Waals surface area contributed by atoms with Crippen molar-refractivity contribution in [1.82, 2.24) is 25.4 Å². The van der Waals surface area contributed by atoms with Gasteiger partial charge in [-0.1, -0.05) is 43.2 Å². The summed E-state index contributed by atoms with van der Waals surface area (Å²) >= 11 is 0. The van der Waals surface area contributed by atoms with Crippen molar-refractivity contribution in [3.63, 3.8) is 0 Å². The molecule has 0 aliphatic carbocycles. The fourth-order valence-electron chi connectivity index (χ4n) is 3.13. The van der Waals surface area contributed by atoms with Crippen molar-refractivity contribution >= 4 is 5.91 Å². The van der Waals surface area contributed by atoms with Crippen LogP contribution in [-0.4, -0.2) is 45.6 Å². The lowest BCUT2D eigenvalue weighted by Crippen LogP contribution is -2.39. The molecule has 6 heteroatoms. The van der Waals surface area contributed by atoms with Crippen molar-refractivity contribution in [2.24, 2.45) is 0 Å². The van der Waals surface area contributed by atoms with Crippen molar-refractivity contribution in [3.8, 4) is 0 Å². The summed E-state index contributed by atoms with van der Waals surface area (Å²) < 4.78 is 0. The van der Waals surface area contributed by atoms with Crippen molar-refractivity contribution in [3.05, 3.63) is 48.0 Å². The minimum Gasteiger partial charge on any atom is -0.347 e. The molecule has 0 unspecified atom stereocenters. The fraction of sp³-hybridized carbons (Fsp3) is 0.471. The van der Waals surface area contributed by atoms with Gasteiger partial charge in [-0.05, 0) is 31.5 Å². The lowest BCUT2D eigenvalue weighted by Gasteiger charge is -2.31. The first-order valence-electron chi connectivity index (χ1n) is 8.27. The van der Waals surface area contributed by atoms with Crippen LogP contribution in [0.3, 0.4) is 0 Å². The van der Waals surface area contributed by atoms with Gasteiger partial charge in [0.1, 0.15) is 6.33 Å². The number of hydrogen-bond acceptors (Lipinski definition) is 4. The number of hydrogen-bond donors (Lipinski definition) is 2. The van der Waals surface area contributed by atoms with Crippen LogP contribution in [0.25, 0.3) is 0 Å². The van der Waals surface area contributed by atoms with Crippen LogP contribution in [0.4, 0.5) is 0 Å². The van der Waals surface area contributed by atoms with Crippen LogP contribution in [0, 0.1) is 0 Å². The van der Waals surface area contributed by atoms with Crippen LogP contribution in [-0.2, 0) is 0 Å². The van der Waals surface area contributed by atoms with E-state index in [-0.39, 0.29) is 17.8 Å². The molecular weight excluding hydrogens is 290 g/mol. The monoisotopic (exact) mass is 313 g/mol. The Morgan fingerprint density at radius 1 is 1.17 bits per heavy atom. The summed E-state index contributed by atoms with van der Waals surface area (Å²) in [7, 11) is 0. The second kappa shape index (κ2) is 7.87. The number of H-pyrrole nitrogens is 1. The Morgan fingerprint density at radius 2 is 1.91 bits per heavy atom. The standard InChI is InChI=1S/C17H23N5O/c23-17(16-19-13-20-21-16)18-12-15(14-8-4-3-5-9-14)22-10-6-1-2-7-11-22/h3-5,8-9,13,15H,1-2,6-7,10-12H2,(H,18,23)(H,19,20,21)/t15-/m1/s1. The summed E-state index contributed by atoms with van der Waals surface area (Å²) in [5.41, 5.74) is 1.24. The molecule has 1 aromatic carbocycles. The number of likely N-dealkylation sites (tertiary alicyclic amines) is 1.